The minimum Gasteiger partial charge on any atom is -0.377 e. The zero-order valence-corrected chi connectivity index (χ0v) is 17.1. The van der Waals surface area contributed by atoms with Gasteiger partial charge in [-0.1, -0.05) is 19.9 Å². The first-order chi connectivity index (χ1) is 11.1. The first-order valence-corrected chi connectivity index (χ1v) is 8.69. The monoisotopic (exact) mass is 444 g/mol. The molecule has 24 heavy (non-hydrogen) atoms. The highest BCUT2D eigenvalue weighted by Gasteiger charge is 2.59. The van der Waals surface area contributed by atoms with Crippen LogP contribution in [-0.4, -0.2) is 42.8 Å². The summed E-state index contributed by atoms with van der Waals surface area (Å²) in [7, 11) is 0. The predicted molar refractivity (Wildman–Crippen MR) is 108 cm³/mol. The number of nitrogens with zero attached hydrogens (tertiary/aromatic N) is 2. The predicted octanol–water partition coefficient (Wildman–Crippen LogP) is 2.61. The Morgan fingerprint density at radius 2 is 2.25 bits per heavy atom. The molecule has 2 fully saturated rings. The molecule has 5 nitrogen and oxygen atoms in total. The second kappa shape index (κ2) is 8.47. The fourth-order valence-electron chi connectivity index (χ4n) is 3.91. The highest BCUT2D eigenvalue weighted by Crippen LogP contribution is 2.52. The van der Waals surface area contributed by atoms with E-state index < -0.39 is 0 Å². The highest BCUT2D eigenvalue weighted by atomic mass is 127. The van der Waals surface area contributed by atoms with E-state index in [9.17, 15) is 0 Å². The Morgan fingerprint density at radius 1 is 1.42 bits per heavy atom. The summed E-state index contributed by atoms with van der Waals surface area (Å²) in [6, 6.07) is 6.44. The van der Waals surface area contributed by atoms with E-state index in [-0.39, 0.29) is 29.4 Å². The molecule has 0 amide bonds. The van der Waals surface area contributed by atoms with Gasteiger partial charge in [0.1, 0.15) is 0 Å². The molecular formula is C18H29IN4O. The molecule has 0 aromatic carbocycles. The van der Waals surface area contributed by atoms with Crippen LogP contribution in [0.1, 0.15) is 32.9 Å². The Morgan fingerprint density at radius 3 is 2.96 bits per heavy atom. The summed E-state index contributed by atoms with van der Waals surface area (Å²) in [6.07, 6.45) is 4.25. The number of aliphatic imine (C=N–C) groups is 1. The molecule has 2 heterocycles. The maximum absolute atomic E-state index is 5.87. The van der Waals surface area contributed by atoms with E-state index >= 15 is 0 Å². The van der Waals surface area contributed by atoms with Gasteiger partial charge in [0.2, 0.25) is 0 Å². The summed E-state index contributed by atoms with van der Waals surface area (Å²) in [4.78, 5) is 9.07. The van der Waals surface area contributed by atoms with E-state index in [4.69, 9.17) is 9.73 Å². The number of guanidine groups is 1. The van der Waals surface area contributed by atoms with Gasteiger partial charge in [0.25, 0.3) is 0 Å². The van der Waals surface area contributed by atoms with Crippen LogP contribution in [0.4, 0.5) is 0 Å². The maximum Gasteiger partial charge on any atom is 0.191 e. The van der Waals surface area contributed by atoms with Crippen molar-refractivity contribution in [1.29, 1.82) is 0 Å². The summed E-state index contributed by atoms with van der Waals surface area (Å²) in [6.45, 7) is 9.17. The van der Waals surface area contributed by atoms with Crippen LogP contribution < -0.4 is 10.6 Å². The first-order valence-electron chi connectivity index (χ1n) is 8.69. The smallest absolute Gasteiger partial charge is 0.191 e. The minimum atomic E-state index is 0. The minimum absolute atomic E-state index is 0. The van der Waals surface area contributed by atoms with Gasteiger partial charge >= 0.3 is 0 Å². The number of hydrogen-bond acceptors (Lipinski definition) is 3. The molecule has 0 radical (unpaired) electrons. The van der Waals surface area contributed by atoms with Crippen LogP contribution in [-0.2, 0) is 11.2 Å². The molecule has 1 aliphatic heterocycles. The average Bonchev–Trinajstić information content (AvgIpc) is 3.00. The molecule has 0 bridgehead atoms. The number of halogens is 1. The number of pyridine rings is 1. The third-order valence-corrected chi connectivity index (χ3v) is 5.10. The molecule has 1 aromatic rings. The van der Waals surface area contributed by atoms with Crippen LogP contribution in [0.25, 0.3) is 0 Å². The molecule has 2 N–H and O–H groups in total. The van der Waals surface area contributed by atoms with Crippen molar-refractivity contribution in [2.45, 2.75) is 45.8 Å². The van der Waals surface area contributed by atoms with Gasteiger partial charge in [-0.05, 0) is 25.5 Å². The van der Waals surface area contributed by atoms with Crippen molar-refractivity contribution < 1.29 is 4.74 Å². The van der Waals surface area contributed by atoms with Crippen molar-refractivity contribution in [3.63, 3.8) is 0 Å². The summed E-state index contributed by atoms with van der Waals surface area (Å²) in [5.41, 5.74) is 1.25. The van der Waals surface area contributed by atoms with Crippen molar-refractivity contribution in [3.05, 3.63) is 30.1 Å². The lowest BCUT2D eigenvalue weighted by Crippen LogP contribution is -2.68. The molecule has 2 aliphatic rings. The first kappa shape index (κ1) is 19.4. The van der Waals surface area contributed by atoms with Gasteiger partial charge in [0, 0.05) is 55.4 Å². The Labute approximate surface area is 162 Å². The van der Waals surface area contributed by atoms with E-state index in [1.54, 1.807) is 0 Å². The van der Waals surface area contributed by atoms with Crippen LogP contribution in [0.15, 0.2) is 29.4 Å². The number of aromatic nitrogens is 1. The van der Waals surface area contributed by atoms with E-state index in [0.29, 0.717) is 18.1 Å². The van der Waals surface area contributed by atoms with Gasteiger partial charge in [0.15, 0.2) is 5.96 Å². The number of fused-ring (bicyclic) bond motifs is 1. The molecule has 6 heteroatoms. The Balaban J connectivity index is 0.00000208. The third-order valence-electron chi connectivity index (χ3n) is 5.10. The number of ether oxygens (including phenoxy) is 1. The molecular weight excluding hydrogens is 415 g/mol. The second-order valence-electron chi connectivity index (χ2n) is 7.02. The van der Waals surface area contributed by atoms with Gasteiger partial charge in [-0.3, -0.25) is 9.98 Å². The van der Waals surface area contributed by atoms with Crippen LogP contribution >= 0.6 is 24.0 Å². The summed E-state index contributed by atoms with van der Waals surface area (Å²) in [5, 5.41) is 7.00. The summed E-state index contributed by atoms with van der Waals surface area (Å²) in [5.74, 6) is 1.52. The molecule has 1 saturated heterocycles. The van der Waals surface area contributed by atoms with Crippen LogP contribution in [0, 0.1) is 11.3 Å². The topological polar surface area (TPSA) is 58.5 Å². The quantitative estimate of drug-likeness (QED) is 0.417. The van der Waals surface area contributed by atoms with Crippen molar-refractivity contribution in [2.75, 3.05) is 19.7 Å². The Bertz CT molecular complexity index is 549. The zero-order valence-electron chi connectivity index (χ0n) is 14.8. The highest BCUT2D eigenvalue weighted by molar-refractivity contribution is 14.0. The van der Waals surface area contributed by atoms with Gasteiger partial charge < -0.3 is 15.4 Å². The van der Waals surface area contributed by atoms with E-state index in [1.165, 1.54) is 0 Å². The lowest BCUT2D eigenvalue weighted by atomic mass is 9.57. The molecule has 1 saturated carbocycles. The van der Waals surface area contributed by atoms with Gasteiger partial charge in [-0.25, -0.2) is 0 Å². The van der Waals surface area contributed by atoms with Crippen molar-refractivity contribution in [2.24, 2.45) is 16.3 Å². The molecule has 3 rings (SSSR count). The third kappa shape index (κ3) is 4.02. The number of nitrogens with one attached hydrogen (secondary N) is 2. The molecule has 3 atom stereocenters. The molecule has 1 aromatic heterocycles. The molecule has 1 aliphatic carbocycles. The SMILES string of the molecule is CCNC(=NCCc1ccccn1)NC1C2CCOC2C1(C)C.I. The van der Waals surface area contributed by atoms with Gasteiger partial charge in [0.05, 0.1) is 6.10 Å². The molecule has 0 spiro atoms. The fraction of sp³-hybridized carbons (Fsp3) is 0.667. The largest absolute Gasteiger partial charge is 0.377 e. The number of rotatable bonds is 5. The summed E-state index contributed by atoms with van der Waals surface area (Å²) < 4.78 is 5.87. The van der Waals surface area contributed by atoms with Crippen LogP contribution in [0.5, 0.6) is 0 Å². The van der Waals surface area contributed by atoms with Crippen molar-refractivity contribution in [1.82, 2.24) is 15.6 Å². The van der Waals surface area contributed by atoms with Crippen molar-refractivity contribution >= 4 is 29.9 Å². The van der Waals surface area contributed by atoms with E-state index in [1.807, 2.05) is 24.4 Å². The zero-order chi connectivity index (χ0) is 16.3. The standard InChI is InChI=1S/C18H28N4O.HI/c1-4-19-17(21-11-8-13-7-5-6-10-20-13)22-15-14-9-12-23-16(14)18(15,2)3;/h5-7,10,14-16H,4,8-9,11-12H2,1-3H3,(H2,19,21,22);1H. The van der Waals surface area contributed by atoms with E-state index in [0.717, 1.165) is 44.2 Å². The lowest BCUT2D eigenvalue weighted by molar-refractivity contribution is -0.106. The average molecular weight is 444 g/mol. The Kier molecular flexibility index (Phi) is 6.86. The maximum atomic E-state index is 5.87. The molecule has 134 valence electrons. The normalized spacial score (nSPS) is 27.6. The van der Waals surface area contributed by atoms with Gasteiger partial charge in [-0.15, -0.1) is 24.0 Å². The van der Waals surface area contributed by atoms with Crippen molar-refractivity contribution in [3.8, 4) is 0 Å². The van der Waals surface area contributed by atoms with E-state index in [2.05, 4.69) is 36.4 Å². The summed E-state index contributed by atoms with van der Waals surface area (Å²) >= 11 is 0. The lowest BCUT2D eigenvalue weighted by Gasteiger charge is -2.54. The van der Waals surface area contributed by atoms with Gasteiger partial charge in [-0.2, -0.15) is 0 Å². The Hall–Kier alpha value is -0.890. The second-order valence-corrected chi connectivity index (χ2v) is 7.02. The van der Waals surface area contributed by atoms with Crippen LogP contribution in [0.2, 0.25) is 0 Å². The van der Waals surface area contributed by atoms with Crippen LogP contribution in [0.3, 0.4) is 0 Å². The fourth-order valence-corrected chi connectivity index (χ4v) is 3.91. The molecule has 3 unspecified atom stereocenters. The number of hydrogen-bond donors (Lipinski definition) is 2.